The molecule has 130 valence electrons. The van der Waals surface area contributed by atoms with Crippen molar-refractivity contribution in [1.29, 1.82) is 0 Å². The van der Waals surface area contributed by atoms with Gasteiger partial charge < -0.3 is 4.74 Å². The zero-order valence-corrected chi connectivity index (χ0v) is 14.6. The number of hydrogen-bond acceptors (Lipinski definition) is 4. The predicted molar refractivity (Wildman–Crippen MR) is 96.0 cm³/mol. The first-order chi connectivity index (χ1) is 12.1. The second-order valence-corrected chi connectivity index (χ2v) is 7.32. The van der Waals surface area contributed by atoms with Crippen LogP contribution in [0.3, 0.4) is 0 Å². The smallest absolute Gasteiger partial charge is 0.216 e. The fourth-order valence-corrected chi connectivity index (χ4v) is 3.46. The maximum Gasteiger partial charge on any atom is 0.216 e. The molecule has 0 unspecified atom stereocenters. The van der Waals surface area contributed by atoms with E-state index in [1.807, 2.05) is 42.5 Å². The van der Waals surface area contributed by atoms with E-state index in [9.17, 15) is 8.42 Å². The van der Waals surface area contributed by atoms with Crippen molar-refractivity contribution < 1.29 is 13.2 Å². The van der Waals surface area contributed by atoms with Crippen LogP contribution < -0.4 is 9.46 Å². The van der Waals surface area contributed by atoms with E-state index in [1.165, 1.54) is 0 Å². The Morgan fingerprint density at radius 2 is 1.76 bits per heavy atom. The second-order valence-electron chi connectivity index (χ2n) is 5.52. The lowest BCUT2D eigenvalue weighted by Crippen LogP contribution is -2.25. The molecular weight excluding hydrogens is 338 g/mol. The highest BCUT2D eigenvalue weighted by Gasteiger charge is 2.12. The molecule has 0 bridgehead atoms. The maximum absolute atomic E-state index is 12.2. The Hall–Kier alpha value is -2.64. The number of nitrogens with zero attached hydrogens (tertiary/aromatic N) is 2. The molecule has 7 heteroatoms. The average molecular weight is 357 g/mol. The number of rotatable bonds is 7. The van der Waals surface area contributed by atoms with Crippen LogP contribution in [0.15, 0.2) is 66.9 Å². The fraction of sp³-hybridized carbons (Fsp3) is 0.167. The molecule has 1 N–H and O–H groups in total. The predicted octanol–water partition coefficient (Wildman–Crippen LogP) is 2.50. The third kappa shape index (κ3) is 4.68. The van der Waals surface area contributed by atoms with Gasteiger partial charge in [-0.25, -0.2) is 17.8 Å². The van der Waals surface area contributed by atoms with Gasteiger partial charge in [-0.3, -0.25) is 0 Å². The topological polar surface area (TPSA) is 73.2 Å². The molecule has 0 spiro atoms. The Kier molecular flexibility index (Phi) is 5.16. The summed E-state index contributed by atoms with van der Waals surface area (Å²) in [6.45, 7) is 0.151. The summed E-state index contributed by atoms with van der Waals surface area (Å²) < 4.78 is 33.7. The summed E-state index contributed by atoms with van der Waals surface area (Å²) in [6, 6.07) is 18.3. The van der Waals surface area contributed by atoms with Crippen LogP contribution in [-0.2, 0) is 22.3 Å². The zero-order chi connectivity index (χ0) is 17.7. The molecule has 0 amide bonds. The van der Waals surface area contributed by atoms with Gasteiger partial charge in [-0.15, -0.1) is 0 Å². The van der Waals surface area contributed by atoms with Crippen LogP contribution in [0, 0.1) is 0 Å². The Balaban J connectivity index is 1.63. The molecule has 0 radical (unpaired) electrons. The molecular formula is C18H19N3O3S. The van der Waals surface area contributed by atoms with E-state index in [0.717, 1.165) is 17.0 Å². The molecule has 0 aliphatic rings. The minimum atomic E-state index is -3.41. The van der Waals surface area contributed by atoms with Crippen LogP contribution in [0.1, 0.15) is 11.3 Å². The number of nitrogens with one attached hydrogen (secondary N) is 1. The highest BCUT2D eigenvalue weighted by atomic mass is 32.2. The molecule has 25 heavy (non-hydrogen) atoms. The van der Waals surface area contributed by atoms with Gasteiger partial charge in [0.05, 0.1) is 30.8 Å². The molecule has 0 atom stereocenters. The van der Waals surface area contributed by atoms with Crippen LogP contribution in [0.25, 0.3) is 5.69 Å². The van der Waals surface area contributed by atoms with Crippen molar-refractivity contribution in [3.8, 4) is 11.4 Å². The van der Waals surface area contributed by atoms with E-state index in [-0.39, 0.29) is 12.3 Å². The standard InChI is InChI=1S/C18H19N3O3S/c1-24-18-9-7-17(8-10-18)21-12-11-16(20-21)13-19-25(22,23)14-15-5-3-2-4-6-15/h2-12,19H,13-14H2,1H3. The first-order valence-electron chi connectivity index (χ1n) is 7.76. The summed E-state index contributed by atoms with van der Waals surface area (Å²) in [5.41, 5.74) is 2.27. The maximum atomic E-state index is 12.2. The van der Waals surface area contributed by atoms with Crippen LogP contribution in [0.5, 0.6) is 5.75 Å². The Morgan fingerprint density at radius 1 is 1.04 bits per heavy atom. The van der Waals surface area contributed by atoms with Gasteiger partial charge in [-0.1, -0.05) is 30.3 Å². The Labute approximate surface area is 147 Å². The number of aromatic nitrogens is 2. The first kappa shape index (κ1) is 17.2. The van der Waals surface area contributed by atoms with Crippen molar-refractivity contribution in [3.05, 3.63) is 78.1 Å². The highest BCUT2D eigenvalue weighted by Crippen LogP contribution is 2.14. The lowest BCUT2D eigenvalue weighted by molar-refractivity contribution is 0.414. The van der Waals surface area contributed by atoms with Gasteiger partial charge >= 0.3 is 0 Å². The lowest BCUT2D eigenvalue weighted by Gasteiger charge is -2.06. The highest BCUT2D eigenvalue weighted by molar-refractivity contribution is 7.88. The third-order valence-electron chi connectivity index (χ3n) is 3.65. The Bertz CT molecular complexity index is 920. The summed E-state index contributed by atoms with van der Waals surface area (Å²) >= 11 is 0. The number of sulfonamides is 1. The summed E-state index contributed by atoms with van der Waals surface area (Å²) in [6.07, 6.45) is 1.79. The van der Waals surface area contributed by atoms with Crippen molar-refractivity contribution in [3.63, 3.8) is 0 Å². The number of methoxy groups -OCH3 is 1. The third-order valence-corrected chi connectivity index (χ3v) is 4.95. The van der Waals surface area contributed by atoms with E-state index in [1.54, 1.807) is 36.2 Å². The number of benzene rings is 2. The van der Waals surface area contributed by atoms with E-state index in [4.69, 9.17) is 4.74 Å². The molecule has 0 fully saturated rings. The molecule has 1 aromatic heterocycles. The van der Waals surface area contributed by atoms with Crippen LogP contribution in [0.2, 0.25) is 0 Å². The second kappa shape index (κ2) is 7.50. The van der Waals surface area contributed by atoms with Crippen LogP contribution >= 0.6 is 0 Å². The summed E-state index contributed by atoms with van der Waals surface area (Å²) in [7, 11) is -1.80. The van der Waals surface area contributed by atoms with Gasteiger partial charge in [-0.05, 0) is 35.9 Å². The largest absolute Gasteiger partial charge is 0.497 e. The summed E-state index contributed by atoms with van der Waals surface area (Å²) in [4.78, 5) is 0. The van der Waals surface area contributed by atoms with Gasteiger partial charge in [0.25, 0.3) is 0 Å². The van der Waals surface area contributed by atoms with Crippen molar-refractivity contribution in [2.75, 3.05) is 7.11 Å². The van der Waals surface area contributed by atoms with Crippen LogP contribution in [0.4, 0.5) is 0 Å². The lowest BCUT2D eigenvalue weighted by atomic mass is 10.2. The quantitative estimate of drug-likeness (QED) is 0.705. The summed E-state index contributed by atoms with van der Waals surface area (Å²) in [5.74, 6) is 0.720. The SMILES string of the molecule is COc1ccc(-n2ccc(CNS(=O)(=O)Cc3ccccc3)n2)cc1. The first-order valence-corrected chi connectivity index (χ1v) is 9.41. The van der Waals surface area contributed by atoms with Crippen molar-refractivity contribution in [2.24, 2.45) is 0 Å². The van der Waals surface area contributed by atoms with Gasteiger partial charge in [0, 0.05) is 6.20 Å². The van der Waals surface area contributed by atoms with Gasteiger partial charge in [0.1, 0.15) is 5.75 Å². The molecule has 1 heterocycles. The minimum absolute atomic E-state index is 0.0486. The Morgan fingerprint density at radius 3 is 2.44 bits per heavy atom. The monoisotopic (exact) mass is 357 g/mol. The molecule has 0 aliphatic carbocycles. The molecule has 0 saturated heterocycles. The molecule has 0 saturated carbocycles. The minimum Gasteiger partial charge on any atom is -0.497 e. The average Bonchev–Trinajstić information content (AvgIpc) is 3.10. The molecule has 3 rings (SSSR count). The zero-order valence-electron chi connectivity index (χ0n) is 13.8. The molecule has 0 aliphatic heterocycles. The van der Waals surface area contributed by atoms with Crippen molar-refractivity contribution in [2.45, 2.75) is 12.3 Å². The van der Waals surface area contributed by atoms with Crippen molar-refractivity contribution in [1.82, 2.24) is 14.5 Å². The van der Waals surface area contributed by atoms with Crippen LogP contribution in [-0.4, -0.2) is 25.3 Å². The molecule has 3 aromatic rings. The van der Waals surface area contributed by atoms with E-state index >= 15 is 0 Å². The fourth-order valence-electron chi connectivity index (χ4n) is 2.36. The van der Waals surface area contributed by atoms with Gasteiger partial charge in [0.2, 0.25) is 10.0 Å². The van der Waals surface area contributed by atoms with Crippen molar-refractivity contribution >= 4 is 10.0 Å². The number of hydrogen-bond donors (Lipinski definition) is 1. The normalized spacial score (nSPS) is 11.4. The van der Waals surface area contributed by atoms with E-state index in [2.05, 4.69) is 9.82 Å². The van der Waals surface area contributed by atoms with Gasteiger partial charge in [-0.2, -0.15) is 5.10 Å². The van der Waals surface area contributed by atoms with E-state index in [0.29, 0.717) is 5.69 Å². The van der Waals surface area contributed by atoms with Gasteiger partial charge in [0.15, 0.2) is 0 Å². The van der Waals surface area contributed by atoms with E-state index < -0.39 is 10.0 Å². The summed E-state index contributed by atoms with van der Waals surface area (Å²) in [5, 5.41) is 4.40. The number of ether oxygens (including phenoxy) is 1. The molecule has 2 aromatic carbocycles. The molecule has 6 nitrogen and oxygen atoms in total.